The molecule has 8 heteroatoms. The van der Waals surface area contributed by atoms with E-state index in [4.69, 9.17) is 9.47 Å². The van der Waals surface area contributed by atoms with E-state index >= 15 is 0 Å². The number of rotatable bonds is 7. The van der Waals surface area contributed by atoms with Crippen LogP contribution in [-0.2, 0) is 33.4 Å². The van der Waals surface area contributed by atoms with Crippen LogP contribution in [0.25, 0.3) is 0 Å². The van der Waals surface area contributed by atoms with Gasteiger partial charge >= 0.3 is 5.97 Å². The molecule has 0 saturated carbocycles. The van der Waals surface area contributed by atoms with Gasteiger partial charge in [-0.05, 0) is 44.1 Å². The highest BCUT2D eigenvalue weighted by Crippen LogP contribution is 2.25. The summed E-state index contributed by atoms with van der Waals surface area (Å²) in [7, 11) is 1.49. The van der Waals surface area contributed by atoms with Crippen molar-refractivity contribution in [2.45, 2.75) is 77.9 Å². The number of nitrogens with one attached hydrogen (secondary N) is 1. The zero-order valence-electron chi connectivity index (χ0n) is 21.1. The normalized spacial score (nSPS) is 29.3. The second kappa shape index (κ2) is 13.9. The number of imide groups is 1. The average molecular weight is 488 g/mol. The molecule has 0 aromatic carbocycles. The lowest BCUT2D eigenvalue weighted by Crippen LogP contribution is -2.38. The van der Waals surface area contributed by atoms with E-state index in [2.05, 4.69) is 5.32 Å². The molecule has 2 aliphatic rings. The summed E-state index contributed by atoms with van der Waals surface area (Å²) in [6.07, 6.45) is 10.1. The van der Waals surface area contributed by atoms with Crippen molar-refractivity contribution in [2.24, 2.45) is 17.8 Å². The van der Waals surface area contributed by atoms with Gasteiger partial charge in [0.05, 0.1) is 5.92 Å². The van der Waals surface area contributed by atoms with E-state index in [1.807, 2.05) is 6.08 Å². The summed E-state index contributed by atoms with van der Waals surface area (Å²) in [6.45, 7) is 5.23. The molecule has 0 bridgehead atoms. The fourth-order valence-electron chi connectivity index (χ4n) is 4.49. The Morgan fingerprint density at radius 3 is 2.46 bits per heavy atom. The van der Waals surface area contributed by atoms with E-state index in [1.54, 1.807) is 39.0 Å². The zero-order valence-corrected chi connectivity index (χ0v) is 21.1. The second-order valence-electron chi connectivity index (χ2n) is 9.42. The van der Waals surface area contributed by atoms with Crippen molar-refractivity contribution in [2.75, 3.05) is 7.11 Å². The Morgan fingerprint density at radius 1 is 1.14 bits per heavy atom. The first-order chi connectivity index (χ1) is 16.6. The SMILES string of the molecule is CO[C@H]1/C=C/CC/C=C/C(=O)O[C@@H]([C@H](C)C(=O)CCCC2CC(=O)NC(=O)C2)/C(C)=C\[C@@H](C)C1=O. The van der Waals surface area contributed by atoms with Crippen molar-refractivity contribution in [3.63, 3.8) is 0 Å². The first-order valence-electron chi connectivity index (χ1n) is 12.3. The van der Waals surface area contributed by atoms with Gasteiger partial charge < -0.3 is 9.47 Å². The molecule has 0 unspecified atom stereocenters. The van der Waals surface area contributed by atoms with Crippen LogP contribution in [0.5, 0.6) is 0 Å². The monoisotopic (exact) mass is 487 g/mol. The second-order valence-corrected chi connectivity index (χ2v) is 9.42. The highest BCUT2D eigenvalue weighted by Gasteiger charge is 2.30. The van der Waals surface area contributed by atoms with Crippen molar-refractivity contribution < 1.29 is 33.4 Å². The Balaban J connectivity index is 2.12. The van der Waals surface area contributed by atoms with E-state index in [9.17, 15) is 24.0 Å². The number of esters is 1. The Morgan fingerprint density at radius 2 is 1.80 bits per heavy atom. The van der Waals surface area contributed by atoms with Gasteiger partial charge in [-0.15, -0.1) is 0 Å². The molecule has 1 fully saturated rings. The van der Waals surface area contributed by atoms with Crippen molar-refractivity contribution >= 4 is 29.4 Å². The minimum Gasteiger partial charge on any atom is -0.454 e. The minimum absolute atomic E-state index is 0.0621. The van der Waals surface area contributed by atoms with E-state index in [1.165, 1.54) is 13.2 Å². The number of ketones is 2. The van der Waals surface area contributed by atoms with E-state index < -0.39 is 30.0 Å². The lowest BCUT2D eigenvalue weighted by Gasteiger charge is -2.25. The number of ether oxygens (including phenoxy) is 2. The Labute approximate surface area is 207 Å². The summed E-state index contributed by atoms with van der Waals surface area (Å²) in [5.41, 5.74) is 0.624. The smallest absolute Gasteiger partial charge is 0.331 e. The van der Waals surface area contributed by atoms with Crippen LogP contribution >= 0.6 is 0 Å². The third-order valence-electron chi connectivity index (χ3n) is 6.48. The molecule has 0 aliphatic carbocycles. The number of piperidine rings is 1. The Hall–Kier alpha value is -2.87. The van der Waals surface area contributed by atoms with Crippen LogP contribution in [0.4, 0.5) is 0 Å². The summed E-state index contributed by atoms with van der Waals surface area (Å²) >= 11 is 0. The molecule has 0 spiro atoms. The molecule has 0 aromatic heterocycles. The highest BCUT2D eigenvalue weighted by molar-refractivity contribution is 5.97. The lowest BCUT2D eigenvalue weighted by molar-refractivity contribution is -0.145. The fraction of sp³-hybridized carbons (Fsp3) is 0.593. The molecule has 1 saturated heterocycles. The topological polar surface area (TPSA) is 116 Å². The molecule has 2 aliphatic heterocycles. The highest BCUT2D eigenvalue weighted by atomic mass is 16.5. The summed E-state index contributed by atoms with van der Waals surface area (Å²) in [4.78, 5) is 61.4. The quantitative estimate of drug-likeness (QED) is 0.332. The van der Waals surface area contributed by atoms with E-state index in [-0.39, 0.29) is 48.6 Å². The maximum atomic E-state index is 13.0. The number of allylic oxidation sites excluding steroid dienone is 3. The lowest BCUT2D eigenvalue weighted by atomic mass is 9.87. The van der Waals surface area contributed by atoms with Gasteiger partial charge in [0, 0.05) is 38.4 Å². The van der Waals surface area contributed by atoms with Gasteiger partial charge in [0.1, 0.15) is 18.0 Å². The number of carbonyl (C=O) groups is 5. The van der Waals surface area contributed by atoms with Crippen LogP contribution in [0.15, 0.2) is 36.0 Å². The predicted molar refractivity (Wildman–Crippen MR) is 130 cm³/mol. The largest absolute Gasteiger partial charge is 0.454 e. The summed E-state index contributed by atoms with van der Waals surface area (Å²) in [6, 6.07) is 0. The van der Waals surface area contributed by atoms with Gasteiger partial charge in [0.2, 0.25) is 11.8 Å². The standard InChI is InChI=1S/C27H37NO7/c1-17-14-18(2)27(35-25(32)13-8-6-5-7-12-22(34-4)26(17)33)19(3)21(29)11-9-10-20-15-23(30)28-24(31)16-20/h7-8,12-14,17,19-20,22,27H,5-6,9-11,15-16H2,1-4H3,(H,28,30,31)/b12-7+,13-8+,18-14-/t17-,19-,22+,27-/m1/s1. The molecule has 2 amide bonds. The maximum Gasteiger partial charge on any atom is 0.331 e. The van der Waals surface area contributed by atoms with Crippen LogP contribution in [-0.4, -0.2) is 48.7 Å². The van der Waals surface area contributed by atoms with E-state index in [0.29, 0.717) is 31.3 Å². The molecule has 8 nitrogen and oxygen atoms in total. The number of methoxy groups -OCH3 is 1. The van der Waals surface area contributed by atoms with Gasteiger partial charge in [0.15, 0.2) is 5.78 Å². The molecule has 0 aromatic rings. The maximum absolute atomic E-state index is 13.0. The average Bonchev–Trinajstić information content (AvgIpc) is 2.79. The van der Waals surface area contributed by atoms with Gasteiger partial charge in [-0.1, -0.05) is 38.2 Å². The Kier molecular flexibility index (Phi) is 11.2. The van der Waals surface area contributed by atoms with Crippen molar-refractivity contribution in [1.29, 1.82) is 0 Å². The van der Waals surface area contributed by atoms with Crippen LogP contribution in [0, 0.1) is 17.8 Å². The minimum atomic E-state index is -0.809. The van der Waals surface area contributed by atoms with Crippen LogP contribution in [0.3, 0.4) is 0 Å². The molecular weight excluding hydrogens is 450 g/mol. The molecule has 0 radical (unpaired) electrons. The van der Waals surface area contributed by atoms with E-state index in [0.717, 1.165) is 0 Å². The molecular formula is C27H37NO7. The van der Waals surface area contributed by atoms with Crippen molar-refractivity contribution in [3.05, 3.63) is 36.0 Å². The molecule has 192 valence electrons. The van der Waals surface area contributed by atoms with Crippen molar-refractivity contribution in [3.8, 4) is 0 Å². The Bertz CT molecular complexity index is 885. The summed E-state index contributed by atoms with van der Waals surface area (Å²) < 4.78 is 11.0. The van der Waals surface area contributed by atoms with Crippen LogP contribution in [0.1, 0.15) is 65.7 Å². The van der Waals surface area contributed by atoms with Crippen LogP contribution < -0.4 is 5.32 Å². The number of cyclic esters (lactones) is 1. The first kappa shape index (κ1) is 28.4. The molecule has 1 N–H and O–H groups in total. The van der Waals surface area contributed by atoms with Gasteiger partial charge in [-0.3, -0.25) is 24.5 Å². The van der Waals surface area contributed by atoms with Crippen LogP contribution in [0.2, 0.25) is 0 Å². The molecule has 2 heterocycles. The van der Waals surface area contributed by atoms with Crippen molar-refractivity contribution in [1.82, 2.24) is 5.32 Å². The molecule has 4 atom stereocenters. The summed E-state index contributed by atoms with van der Waals surface area (Å²) in [5, 5.41) is 2.29. The third-order valence-corrected chi connectivity index (χ3v) is 6.48. The van der Waals surface area contributed by atoms with Gasteiger partial charge in [0.25, 0.3) is 0 Å². The summed E-state index contributed by atoms with van der Waals surface area (Å²) in [5.74, 6) is -2.47. The zero-order chi connectivity index (χ0) is 26.0. The molecule has 35 heavy (non-hydrogen) atoms. The number of hydrogen-bond donors (Lipinski definition) is 1. The van der Waals surface area contributed by atoms with Gasteiger partial charge in [-0.25, -0.2) is 4.79 Å². The number of hydrogen-bond acceptors (Lipinski definition) is 7. The first-order valence-corrected chi connectivity index (χ1v) is 12.3. The number of Topliss-reactive ketones (excluding diaryl/α,β-unsaturated/α-hetero) is 2. The third kappa shape index (κ3) is 9.02. The number of carbonyl (C=O) groups excluding carboxylic acids is 5. The van der Waals surface area contributed by atoms with Gasteiger partial charge in [-0.2, -0.15) is 0 Å². The predicted octanol–water partition coefficient (Wildman–Crippen LogP) is 3.40. The molecule has 2 rings (SSSR count). The number of amides is 2. The fourth-order valence-corrected chi connectivity index (χ4v) is 4.49.